The molecule has 17 heavy (non-hydrogen) atoms. The van der Waals surface area contributed by atoms with Gasteiger partial charge in [0.15, 0.2) is 11.2 Å². The molecule has 3 heterocycles. The second kappa shape index (κ2) is 3.16. The Morgan fingerprint density at radius 3 is 2.94 bits per heavy atom. The summed E-state index contributed by atoms with van der Waals surface area (Å²) in [5.41, 5.74) is 0.542. The number of hydrogen-bond acceptors (Lipinski definition) is 4. The molecule has 0 radical (unpaired) electrons. The predicted molar refractivity (Wildman–Crippen MR) is 62.9 cm³/mol. The maximum atomic E-state index is 12.1. The van der Waals surface area contributed by atoms with Crippen LogP contribution in [0.4, 0.5) is 5.95 Å². The van der Waals surface area contributed by atoms with Crippen molar-refractivity contribution in [3.8, 4) is 0 Å². The molecule has 0 saturated heterocycles. The van der Waals surface area contributed by atoms with Crippen LogP contribution in [0, 0.1) is 0 Å². The summed E-state index contributed by atoms with van der Waals surface area (Å²) in [5, 5.41) is 2.56. The molecule has 0 atom stereocenters. The second-order valence-corrected chi connectivity index (χ2v) is 4.29. The molecule has 0 unspecified atom stereocenters. The Balaban J connectivity index is 0.00000120. The number of nitrogens with zero attached hydrogens (tertiary/aromatic N) is 4. The molecule has 0 fully saturated rings. The molecule has 1 aliphatic rings. The number of anilines is 1. The zero-order valence-electron chi connectivity index (χ0n) is 9.47. The molecule has 0 aliphatic carbocycles. The average Bonchev–Trinajstić information content (AvgIpc) is 2.81. The van der Waals surface area contributed by atoms with Gasteiger partial charge < -0.3 is 4.57 Å². The van der Waals surface area contributed by atoms with Crippen LogP contribution in [0.3, 0.4) is 0 Å². The maximum Gasteiger partial charge on any atom is 0.283 e. The monoisotopic (exact) mass is 235 g/mol. The lowest BCUT2D eigenvalue weighted by atomic mass is 10.4. The molecule has 2 aromatic rings. The van der Waals surface area contributed by atoms with Gasteiger partial charge in [0.25, 0.3) is 5.56 Å². The van der Waals surface area contributed by atoms with E-state index >= 15 is 0 Å². The Labute approximate surface area is 97.6 Å². The minimum Gasteiger partial charge on any atom is -0.312 e. The Kier molecular flexibility index (Phi) is 1.86. The van der Waals surface area contributed by atoms with Gasteiger partial charge in [-0.05, 0) is 13.8 Å². The summed E-state index contributed by atoms with van der Waals surface area (Å²) in [6.45, 7) is 3.98. The normalized spacial score (nSPS) is 14.4. The number of aromatic nitrogens is 4. The van der Waals surface area contributed by atoms with E-state index in [0.717, 1.165) is 0 Å². The lowest BCUT2D eigenvalue weighted by Gasteiger charge is -2.07. The molecule has 2 aromatic heterocycles. The Morgan fingerprint density at radius 1 is 1.47 bits per heavy atom. The molecule has 90 valence electrons. The van der Waals surface area contributed by atoms with Crippen molar-refractivity contribution in [1.29, 1.82) is 0 Å². The fourth-order valence-electron chi connectivity index (χ4n) is 1.93. The molecule has 7 nitrogen and oxygen atoms in total. The highest BCUT2D eigenvalue weighted by Gasteiger charge is 2.23. The lowest BCUT2D eigenvalue weighted by Crippen LogP contribution is -2.20. The molecular weight excluding hydrogens is 222 g/mol. The van der Waals surface area contributed by atoms with Gasteiger partial charge in [-0.15, -0.1) is 0 Å². The maximum absolute atomic E-state index is 12.1. The minimum atomic E-state index is -0.275. The van der Waals surface area contributed by atoms with Crippen LogP contribution in [0.5, 0.6) is 0 Å². The molecule has 1 amide bonds. The number of rotatable bonds is 1. The van der Waals surface area contributed by atoms with E-state index < -0.39 is 0 Å². The van der Waals surface area contributed by atoms with Crippen molar-refractivity contribution in [2.75, 3.05) is 5.32 Å². The van der Waals surface area contributed by atoms with Crippen molar-refractivity contribution in [2.24, 2.45) is 0 Å². The second-order valence-electron chi connectivity index (χ2n) is 4.29. The number of hydrogen-bond donors (Lipinski definition) is 1. The molecule has 0 bridgehead atoms. The van der Waals surface area contributed by atoms with Gasteiger partial charge in [0.05, 0.1) is 6.33 Å². The van der Waals surface area contributed by atoms with E-state index in [2.05, 4.69) is 15.3 Å². The number of amides is 1. The first-order valence-electron chi connectivity index (χ1n) is 5.35. The van der Waals surface area contributed by atoms with E-state index in [9.17, 15) is 9.59 Å². The fourth-order valence-corrected chi connectivity index (χ4v) is 1.93. The van der Waals surface area contributed by atoms with Crippen molar-refractivity contribution in [1.82, 2.24) is 19.1 Å². The first kappa shape index (κ1) is 10.0. The third-order valence-corrected chi connectivity index (χ3v) is 2.79. The van der Waals surface area contributed by atoms with E-state index in [1.54, 1.807) is 6.33 Å². The van der Waals surface area contributed by atoms with Gasteiger partial charge in [-0.3, -0.25) is 19.5 Å². The van der Waals surface area contributed by atoms with Crippen LogP contribution in [0.25, 0.3) is 11.2 Å². The van der Waals surface area contributed by atoms with Crippen molar-refractivity contribution in [3.63, 3.8) is 0 Å². The topological polar surface area (TPSA) is 81.8 Å². The standard InChI is InChI=1S/C10H11N5O2.H2/c1-5(2)15-4-11-7-8(15)13-10-12-6(16)3-14(10)9(7)17;/h4-5H,3H2,1-2H3,(H,12,13,16);1H. The van der Waals surface area contributed by atoms with E-state index in [1.807, 2.05) is 18.4 Å². The summed E-state index contributed by atoms with van der Waals surface area (Å²) in [5.74, 6) is 0.0771. The van der Waals surface area contributed by atoms with Crippen LogP contribution >= 0.6 is 0 Å². The van der Waals surface area contributed by atoms with Crippen molar-refractivity contribution < 1.29 is 6.22 Å². The SMILES string of the molecule is CC(C)n1cnc2c(=O)n3c(nc21)NC(=O)C3.[HH]. The summed E-state index contributed by atoms with van der Waals surface area (Å²) in [6.07, 6.45) is 1.60. The predicted octanol–water partition coefficient (Wildman–Crippen LogP) is 0.372. The van der Waals surface area contributed by atoms with Crippen LogP contribution in [0.15, 0.2) is 11.1 Å². The zero-order valence-corrected chi connectivity index (χ0v) is 9.47. The highest BCUT2D eigenvalue weighted by molar-refractivity contribution is 5.93. The van der Waals surface area contributed by atoms with E-state index in [-0.39, 0.29) is 25.5 Å². The third-order valence-electron chi connectivity index (χ3n) is 2.79. The van der Waals surface area contributed by atoms with Gasteiger partial charge in [0.1, 0.15) is 6.54 Å². The van der Waals surface area contributed by atoms with Crippen LogP contribution in [-0.2, 0) is 11.3 Å². The summed E-state index contributed by atoms with van der Waals surface area (Å²) in [4.78, 5) is 31.6. The van der Waals surface area contributed by atoms with Gasteiger partial charge >= 0.3 is 0 Å². The van der Waals surface area contributed by atoms with Gasteiger partial charge in [0.2, 0.25) is 11.9 Å². The van der Waals surface area contributed by atoms with E-state index in [4.69, 9.17) is 0 Å². The Morgan fingerprint density at radius 2 is 2.24 bits per heavy atom. The molecule has 3 rings (SSSR count). The summed E-state index contributed by atoms with van der Waals surface area (Å²) in [6, 6.07) is 0.159. The largest absolute Gasteiger partial charge is 0.312 e. The van der Waals surface area contributed by atoms with E-state index in [1.165, 1.54) is 4.57 Å². The highest BCUT2D eigenvalue weighted by atomic mass is 16.2. The summed E-state index contributed by atoms with van der Waals surface area (Å²) >= 11 is 0. The molecular formula is C10H13N5O2. The molecule has 0 saturated carbocycles. The van der Waals surface area contributed by atoms with E-state index in [0.29, 0.717) is 17.1 Å². The van der Waals surface area contributed by atoms with Gasteiger partial charge in [-0.2, -0.15) is 4.98 Å². The summed E-state index contributed by atoms with van der Waals surface area (Å²) < 4.78 is 3.12. The van der Waals surface area contributed by atoms with Crippen molar-refractivity contribution in [2.45, 2.75) is 26.4 Å². The molecule has 0 spiro atoms. The van der Waals surface area contributed by atoms with Crippen molar-refractivity contribution >= 4 is 23.0 Å². The average molecular weight is 235 g/mol. The molecule has 1 aliphatic heterocycles. The number of fused-ring (bicyclic) bond motifs is 2. The minimum absolute atomic E-state index is 0. The number of carbonyl (C=O) groups is 1. The van der Waals surface area contributed by atoms with Crippen molar-refractivity contribution in [3.05, 3.63) is 16.7 Å². The fraction of sp³-hybridized carbons (Fsp3) is 0.400. The third kappa shape index (κ3) is 1.28. The number of nitrogens with one attached hydrogen (secondary N) is 1. The van der Waals surface area contributed by atoms with Gasteiger partial charge in [-0.1, -0.05) is 0 Å². The van der Waals surface area contributed by atoms with Gasteiger partial charge in [0, 0.05) is 7.47 Å². The number of carbonyl (C=O) groups excluding carboxylic acids is 1. The molecule has 1 N–H and O–H groups in total. The molecule has 7 heteroatoms. The lowest BCUT2D eigenvalue weighted by molar-refractivity contribution is -0.115. The number of imidazole rings is 1. The smallest absolute Gasteiger partial charge is 0.283 e. The first-order valence-corrected chi connectivity index (χ1v) is 5.35. The van der Waals surface area contributed by atoms with Crippen LogP contribution in [0.1, 0.15) is 21.3 Å². The van der Waals surface area contributed by atoms with Crippen LogP contribution in [0.2, 0.25) is 0 Å². The van der Waals surface area contributed by atoms with Crippen LogP contribution < -0.4 is 10.9 Å². The Bertz CT molecular complexity index is 687. The van der Waals surface area contributed by atoms with Gasteiger partial charge in [-0.25, -0.2) is 4.98 Å². The summed E-state index contributed by atoms with van der Waals surface area (Å²) in [7, 11) is 0. The first-order chi connectivity index (χ1) is 8.08. The van der Waals surface area contributed by atoms with Crippen LogP contribution in [-0.4, -0.2) is 25.0 Å². The zero-order chi connectivity index (χ0) is 12.2. The quantitative estimate of drug-likeness (QED) is 0.774. The molecule has 0 aromatic carbocycles. The Hall–Kier alpha value is -2.18. The highest BCUT2D eigenvalue weighted by Crippen LogP contribution is 2.17.